The average molecular weight is 302 g/mol. The monoisotopic (exact) mass is 302 g/mol. The van der Waals surface area contributed by atoms with E-state index in [-0.39, 0.29) is 0 Å². The summed E-state index contributed by atoms with van der Waals surface area (Å²) in [4.78, 5) is 2.56. The minimum Gasteiger partial charge on any atom is -0.494 e. The predicted molar refractivity (Wildman–Crippen MR) is 88.2 cm³/mol. The predicted octanol–water partition coefficient (Wildman–Crippen LogP) is 3.14. The van der Waals surface area contributed by atoms with E-state index in [9.17, 15) is 0 Å². The van der Waals surface area contributed by atoms with Crippen molar-refractivity contribution in [2.75, 3.05) is 32.8 Å². The molecule has 1 N–H and O–H groups in total. The van der Waals surface area contributed by atoms with Crippen LogP contribution in [0.15, 0.2) is 41.1 Å². The van der Waals surface area contributed by atoms with Crippen molar-refractivity contribution in [2.24, 2.45) is 0 Å². The van der Waals surface area contributed by atoms with Crippen LogP contribution in [0.25, 0.3) is 0 Å². The van der Waals surface area contributed by atoms with E-state index < -0.39 is 0 Å². The number of benzene rings is 1. The molecule has 21 heavy (non-hydrogen) atoms. The van der Waals surface area contributed by atoms with Gasteiger partial charge in [0.2, 0.25) is 0 Å². The van der Waals surface area contributed by atoms with Crippen LogP contribution in [0.2, 0.25) is 0 Å². The molecule has 1 aromatic carbocycles. The highest BCUT2D eigenvalue weighted by molar-refractivity contribution is 7.08. The van der Waals surface area contributed by atoms with Crippen molar-refractivity contribution in [3.8, 4) is 5.75 Å². The van der Waals surface area contributed by atoms with E-state index in [1.54, 1.807) is 11.3 Å². The molecule has 1 atom stereocenters. The molecular weight excluding hydrogens is 280 g/mol. The second-order valence-electron chi connectivity index (χ2n) is 5.25. The Morgan fingerprint density at radius 2 is 2.10 bits per heavy atom. The van der Waals surface area contributed by atoms with Crippen molar-refractivity contribution in [3.63, 3.8) is 0 Å². The Labute approximate surface area is 130 Å². The van der Waals surface area contributed by atoms with Gasteiger partial charge in [-0.3, -0.25) is 4.90 Å². The Hall–Kier alpha value is -1.36. The molecular formula is C17H22N2OS. The molecule has 1 aliphatic rings. The minimum atomic E-state index is 0.332. The number of rotatable bonds is 5. The fourth-order valence-corrected chi connectivity index (χ4v) is 3.60. The van der Waals surface area contributed by atoms with E-state index in [0.29, 0.717) is 12.6 Å². The van der Waals surface area contributed by atoms with Crippen LogP contribution in [0.3, 0.4) is 0 Å². The first kappa shape index (κ1) is 14.6. The van der Waals surface area contributed by atoms with Crippen molar-refractivity contribution in [3.05, 3.63) is 52.2 Å². The van der Waals surface area contributed by atoms with Crippen LogP contribution >= 0.6 is 11.3 Å². The Kier molecular flexibility index (Phi) is 4.91. The first-order valence-corrected chi connectivity index (χ1v) is 8.52. The fraction of sp³-hybridized carbons (Fsp3) is 0.412. The molecule has 112 valence electrons. The third-order valence-corrected chi connectivity index (χ3v) is 4.56. The molecule has 0 aliphatic carbocycles. The summed E-state index contributed by atoms with van der Waals surface area (Å²) in [6.45, 7) is 7.02. The van der Waals surface area contributed by atoms with Crippen molar-refractivity contribution >= 4 is 11.3 Å². The van der Waals surface area contributed by atoms with E-state index in [2.05, 4.69) is 45.2 Å². The summed E-state index contributed by atoms with van der Waals surface area (Å²) >= 11 is 1.77. The lowest BCUT2D eigenvalue weighted by atomic mass is 9.98. The van der Waals surface area contributed by atoms with Gasteiger partial charge in [0.15, 0.2) is 0 Å². The van der Waals surface area contributed by atoms with E-state index in [0.717, 1.165) is 31.9 Å². The quantitative estimate of drug-likeness (QED) is 0.918. The van der Waals surface area contributed by atoms with Crippen LogP contribution < -0.4 is 10.1 Å². The normalized spacial score (nSPS) is 17.6. The van der Waals surface area contributed by atoms with Crippen molar-refractivity contribution in [1.29, 1.82) is 0 Å². The maximum Gasteiger partial charge on any atom is 0.119 e. The molecule has 3 nitrogen and oxygen atoms in total. The van der Waals surface area contributed by atoms with Crippen molar-refractivity contribution in [2.45, 2.75) is 13.0 Å². The number of nitrogens with zero attached hydrogens (tertiary/aromatic N) is 1. The van der Waals surface area contributed by atoms with E-state index in [4.69, 9.17) is 4.74 Å². The molecule has 2 aromatic rings. The standard InChI is InChI=1S/C17H22N2OS/c1-2-20-16-5-3-4-14(12-16)17(15-6-11-21-13-15)19-9-7-18-8-10-19/h3-6,11-13,17-18H,2,7-10H2,1H3. The number of hydrogen-bond donors (Lipinski definition) is 1. The summed E-state index contributed by atoms with van der Waals surface area (Å²) in [5.41, 5.74) is 2.71. The number of ether oxygens (including phenoxy) is 1. The van der Waals surface area contributed by atoms with Gasteiger partial charge in [0, 0.05) is 26.2 Å². The van der Waals surface area contributed by atoms with E-state index in [1.165, 1.54) is 11.1 Å². The van der Waals surface area contributed by atoms with Crippen molar-refractivity contribution in [1.82, 2.24) is 10.2 Å². The number of nitrogens with one attached hydrogen (secondary N) is 1. The number of hydrogen-bond acceptors (Lipinski definition) is 4. The van der Waals surface area contributed by atoms with Crippen LogP contribution in [0, 0.1) is 0 Å². The lowest BCUT2D eigenvalue weighted by molar-refractivity contribution is 0.198. The van der Waals surface area contributed by atoms with Gasteiger partial charge in [-0.05, 0) is 47.0 Å². The zero-order chi connectivity index (χ0) is 14.5. The van der Waals surface area contributed by atoms with Gasteiger partial charge in [-0.25, -0.2) is 0 Å². The molecule has 1 unspecified atom stereocenters. The molecule has 3 rings (SSSR count). The van der Waals surface area contributed by atoms with E-state index >= 15 is 0 Å². The molecule has 1 aliphatic heterocycles. The summed E-state index contributed by atoms with van der Waals surface area (Å²) in [5, 5.41) is 7.86. The molecule has 1 saturated heterocycles. The van der Waals surface area contributed by atoms with Gasteiger partial charge in [-0.2, -0.15) is 11.3 Å². The van der Waals surface area contributed by atoms with Crippen LogP contribution in [-0.2, 0) is 0 Å². The largest absolute Gasteiger partial charge is 0.494 e. The Balaban J connectivity index is 1.92. The highest BCUT2D eigenvalue weighted by Crippen LogP contribution is 2.32. The zero-order valence-electron chi connectivity index (χ0n) is 12.4. The van der Waals surface area contributed by atoms with Gasteiger partial charge in [0.1, 0.15) is 5.75 Å². The van der Waals surface area contributed by atoms with Gasteiger partial charge in [-0.1, -0.05) is 12.1 Å². The second-order valence-corrected chi connectivity index (χ2v) is 6.03. The van der Waals surface area contributed by atoms with Gasteiger partial charge in [0.05, 0.1) is 12.6 Å². The van der Waals surface area contributed by atoms with E-state index in [1.807, 2.05) is 13.0 Å². The Bertz CT molecular complexity index is 550. The number of thiophene rings is 1. The second kappa shape index (κ2) is 7.07. The first-order valence-electron chi connectivity index (χ1n) is 7.58. The van der Waals surface area contributed by atoms with Crippen LogP contribution in [0.5, 0.6) is 5.75 Å². The molecule has 1 aromatic heterocycles. The fourth-order valence-electron chi connectivity index (χ4n) is 2.93. The third-order valence-electron chi connectivity index (χ3n) is 3.86. The van der Waals surface area contributed by atoms with Gasteiger partial charge >= 0.3 is 0 Å². The van der Waals surface area contributed by atoms with Gasteiger partial charge in [0.25, 0.3) is 0 Å². The molecule has 0 bridgehead atoms. The summed E-state index contributed by atoms with van der Waals surface area (Å²) in [6.07, 6.45) is 0. The van der Waals surface area contributed by atoms with Crippen molar-refractivity contribution < 1.29 is 4.74 Å². The Morgan fingerprint density at radius 3 is 2.81 bits per heavy atom. The lowest BCUT2D eigenvalue weighted by Crippen LogP contribution is -2.45. The molecule has 0 saturated carbocycles. The third kappa shape index (κ3) is 3.46. The SMILES string of the molecule is CCOc1cccc(C(c2ccsc2)N2CCNCC2)c1. The lowest BCUT2D eigenvalue weighted by Gasteiger charge is -2.35. The first-order chi connectivity index (χ1) is 10.4. The highest BCUT2D eigenvalue weighted by atomic mass is 32.1. The van der Waals surface area contributed by atoms with Gasteiger partial charge < -0.3 is 10.1 Å². The molecule has 4 heteroatoms. The van der Waals surface area contributed by atoms with Crippen LogP contribution in [0.1, 0.15) is 24.1 Å². The molecule has 0 radical (unpaired) electrons. The summed E-state index contributed by atoms with van der Waals surface area (Å²) in [5.74, 6) is 0.963. The smallest absolute Gasteiger partial charge is 0.119 e. The highest BCUT2D eigenvalue weighted by Gasteiger charge is 2.24. The minimum absolute atomic E-state index is 0.332. The molecule has 0 amide bonds. The van der Waals surface area contributed by atoms with Gasteiger partial charge in [-0.15, -0.1) is 0 Å². The average Bonchev–Trinajstić information content (AvgIpc) is 3.03. The van der Waals surface area contributed by atoms with Crippen LogP contribution in [0.4, 0.5) is 0 Å². The molecule has 1 fully saturated rings. The summed E-state index contributed by atoms with van der Waals surface area (Å²) in [7, 11) is 0. The molecule has 2 heterocycles. The molecule has 0 spiro atoms. The Morgan fingerprint density at radius 1 is 1.24 bits per heavy atom. The summed E-state index contributed by atoms with van der Waals surface area (Å²) < 4.78 is 5.67. The van der Waals surface area contributed by atoms with Crippen LogP contribution in [-0.4, -0.2) is 37.7 Å². The zero-order valence-corrected chi connectivity index (χ0v) is 13.2. The maximum atomic E-state index is 5.67. The number of piperazine rings is 1. The topological polar surface area (TPSA) is 24.5 Å². The summed E-state index contributed by atoms with van der Waals surface area (Å²) in [6, 6.07) is 11.1. The maximum absolute atomic E-state index is 5.67.